The highest BCUT2D eigenvalue weighted by atomic mass is 35.5. The largest absolute Gasteiger partial charge is 0.486 e. The molecule has 6 heteroatoms. The molecule has 0 bridgehead atoms. The highest BCUT2D eigenvalue weighted by Gasteiger charge is 2.04. The zero-order valence-electron chi connectivity index (χ0n) is 8.82. The van der Waals surface area contributed by atoms with E-state index in [1.165, 1.54) is 18.2 Å². The van der Waals surface area contributed by atoms with Gasteiger partial charge in [-0.2, -0.15) is 5.26 Å². The molecule has 0 aliphatic rings. The lowest BCUT2D eigenvalue weighted by Gasteiger charge is -2.04. The molecule has 0 saturated heterocycles. The summed E-state index contributed by atoms with van der Waals surface area (Å²) in [7, 11) is 0. The monoisotopic (exact) mass is 260 g/mol. The molecule has 0 spiro atoms. The first kappa shape index (κ1) is 15.4. The molecule has 0 aliphatic carbocycles. The van der Waals surface area contributed by atoms with Crippen LogP contribution in [0.5, 0.6) is 5.75 Å². The van der Waals surface area contributed by atoms with Gasteiger partial charge in [0, 0.05) is 12.6 Å². The van der Waals surface area contributed by atoms with Crippen molar-refractivity contribution in [2.45, 2.75) is 0 Å². The lowest BCUT2D eigenvalue weighted by molar-refractivity contribution is 0.316. The van der Waals surface area contributed by atoms with E-state index in [0.717, 1.165) is 6.07 Å². The van der Waals surface area contributed by atoms with Gasteiger partial charge in [0.1, 0.15) is 30.1 Å². The Balaban J connectivity index is 0.00000256. The van der Waals surface area contributed by atoms with E-state index < -0.39 is 11.6 Å². The topological polar surface area (TPSA) is 59.0 Å². The molecule has 1 aromatic rings. The van der Waals surface area contributed by atoms with E-state index in [0.29, 0.717) is 0 Å². The first-order valence-electron chi connectivity index (χ1n) is 4.54. The zero-order chi connectivity index (χ0) is 12.0. The smallest absolute Gasteiger partial charge is 0.144 e. The van der Waals surface area contributed by atoms with Crippen molar-refractivity contribution in [3.63, 3.8) is 0 Å². The Hall–Kier alpha value is -1.64. The van der Waals surface area contributed by atoms with Crippen molar-refractivity contribution in [2.75, 3.05) is 13.2 Å². The molecule has 0 heterocycles. The first-order valence-corrected chi connectivity index (χ1v) is 4.54. The second kappa shape index (κ2) is 7.60. The number of hydrogen-bond donors (Lipinski definition) is 1. The second-order valence-electron chi connectivity index (χ2n) is 2.93. The van der Waals surface area contributed by atoms with Crippen molar-refractivity contribution in [1.29, 1.82) is 5.26 Å². The highest BCUT2D eigenvalue weighted by molar-refractivity contribution is 5.85. The van der Waals surface area contributed by atoms with Crippen molar-refractivity contribution < 1.29 is 13.5 Å². The van der Waals surface area contributed by atoms with Crippen LogP contribution in [0.2, 0.25) is 0 Å². The van der Waals surface area contributed by atoms with Crippen molar-refractivity contribution in [1.82, 2.24) is 0 Å². The van der Waals surface area contributed by atoms with E-state index in [9.17, 15) is 8.78 Å². The van der Waals surface area contributed by atoms with E-state index in [2.05, 4.69) is 0 Å². The molecule has 0 atom stereocenters. The predicted octanol–water partition coefficient (Wildman–Crippen LogP) is 2.31. The molecule has 3 nitrogen and oxygen atoms in total. The van der Waals surface area contributed by atoms with E-state index in [1.54, 1.807) is 6.07 Å². The van der Waals surface area contributed by atoms with Gasteiger partial charge in [0.05, 0.1) is 5.56 Å². The molecule has 0 fully saturated rings. The number of benzene rings is 1. The van der Waals surface area contributed by atoms with Gasteiger partial charge in [-0.25, -0.2) is 8.78 Å². The molecular weight excluding hydrogens is 250 g/mol. The molecule has 17 heavy (non-hydrogen) atoms. The van der Waals surface area contributed by atoms with E-state index >= 15 is 0 Å². The average Bonchev–Trinajstić information content (AvgIpc) is 2.27. The van der Waals surface area contributed by atoms with Crippen LogP contribution in [0, 0.1) is 17.1 Å². The Labute approximate surface area is 104 Å². The van der Waals surface area contributed by atoms with E-state index in [1.807, 2.05) is 0 Å². The van der Waals surface area contributed by atoms with Crippen LogP contribution in [0.25, 0.3) is 0 Å². The minimum absolute atomic E-state index is 0. The van der Waals surface area contributed by atoms with Crippen LogP contribution >= 0.6 is 12.4 Å². The fourth-order valence-electron chi connectivity index (χ4n) is 1.02. The Morgan fingerprint density at radius 3 is 2.76 bits per heavy atom. The summed E-state index contributed by atoms with van der Waals surface area (Å²) >= 11 is 0. The van der Waals surface area contributed by atoms with Crippen LogP contribution in [-0.2, 0) is 0 Å². The van der Waals surface area contributed by atoms with Gasteiger partial charge in [-0.3, -0.25) is 0 Å². The van der Waals surface area contributed by atoms with Crippen LogP contribution in [0.1, 0.15) is 5.56 Å². The SMILES string of the molecule is Cl.N#Cc1ccc(OC/C(F)=C\CN)cc1F. The number of nitrogens with zero attached hydrogens (tertiary/aromatic N) is 1. The van der Waals surface area contributed by atoms with Crippen molar-refractivity contribution in [2.24, 2.45) is 5.73 Å². The fourth-order valence-corrected chi connectivity index (χ4v) is 1.02. The number of ether oxygens (including phenoxy) is 1. The van der Waals surface area contributed by atoms with Gasteiger partial charge in [0.25, 0.3) is 0 Å². The average molecular weight is 261 g/mol. The molecule has 1 aromatic carbocycles. The van der Waals surface area contributed by atoms with Gasteiger partial charge >= 0.3 is 0 Å². The van der Waals surface area contributed by atoms with Gasteiger partial charge in [0.2, 0.25) is 0 Å². The van der Waals surface area contributed by atoms with Crippen LogP contribution in [-0.4, -0.2) is 13.2 Å². The third kappa shape index (κ3) is 4.81. The van der Waals surface area contributed by atoms with Crippen molar-refractivity contribution in [3.8, 4) is 11.8 Å². The fraction of sp³-hybridized carbons (Fsp3) is 0.182. The number of nitriles is 1. The molecule has 0 amide bonds. The number of nitrogens with two attached hydrogens (primary N) is 1. The first-order chi connectivity index (χ1) is 7.67. The van der Waals surface area contributed by atoms with Crippen LogP contribution in [0.3, 0.4) is 0 Å². The maximum absolute atomic E-state index is 13.1. The molecule has 0 aliphatic heterocycles. The molecule has 0 aromatic heterocycles. The maximum atomic E-state index is 13.1. The summed E-state index contributed by atoms with van der Waals surface area (Å²) in [5, 5.41) is 8.48. The summed E-state index contributed by atoms with van der Waals surface area (Å²) in [6, 6.07) is 5.38. The second-order valence-corrected chi connectivity index (χ2v) is 2.93. The number of rotatable bonds is 4. The minimum atomic E-state index is -0.691. The number of halogens is 3. The minimum Gasteiger partial charge on any atom is -0.486 e. The Morgan fingerprint density at radius 2 is 2.24 bits per heavy atom. The number of hydrogen-bond acceptors (Lipinski definition) is 3. The highest BCUT2D eigenvalue weighted by Crippen LogP contribution is 2.16. The summed E-state index contributed by atoms with van der Waals surface area (Å²) in [5.41, 5.74) is 5.01. The van der Waals surface area contributed by atoms with Gasteiger partial charge in [-0.05, 0) is 18.2 Å². The van der Waals surface area contributed by atoms with Crippen LogP contribution < -0.4 is 10.5 Å². The lowest BCUT2D eigenvalue weighted by Crippen LogP contribution is -2.02. The third-order valence-electron chi connectivity index (χ3n) is 1.78. The summed E-state index contributed by atoms with van der Waals surface area (Å²) in [6.45, 7) is -0.223. The summed E-state index contributed by atoms with van der Waals surface area (Å²) in [4.78, 5) is 0. The quantitative estimate of drug-likeness (QED) is 0.904. The lowest BCUT2D eigenvalue weighted by atomic mass is 10.2. The van der Waals surface area contributed by atoms with Crippen molar-refractivity contribution >= 4 is 12.4 Å². The molecule has 92 valence electrons. The predicted molar refractivity (Wildman–Crippen MR) is 62.1 cm³/mol. The van der Waals surface area contributed by atoms with Gasteiger partial charge in [-0.15, -0.1) is 12.4 Å². The standard InChI is InChI=1S/C11H10F2N2O.ClH/c12-9(3-4-14)7-16-10-2-1-8(6-15)11(13)5-10;/h1-3,5H,4,7,14H2;1H/b9-3+;. The third-order valence-corrected chi connectivity index (χ3v) is 1.78. The molecular formula is C11H11ClF2N2O. The molecule has 0 unspecified atom stereocenters. The molecule has 0 saturated carbocycles. The maximum Gasteiger partial charge on any atom is 0.144 e. The van der Waals surface area contributed by atoms with Gasteiger partial charge in [0.15, 0.2) is 0 Å². The zero-order valence-corrected chi connectivity index (χ0v) is 9.64. The summed E-state index contributed by atoms with van der Waals surface area (Å²) in [5.74, 6) is -1.05. The van der Waals surface area contributed by atoms with Gasteiger partial charge < -0.3 is 10.5 Å². The molecule has 0 radical (unpaired) electrons. The van der Waals surface area contributed by atoms with Gasteiger partial charge in [-0.1, -0.05) is 0 Å². The summed E-state index contributed by atoms with van der Waals surface area (Å²) < 4.78 is 30.9. The Bertz CT molecular complexity index is 444. The Morgan fingerprint density at radius 1 is 1.53 bits per heavy atom. The Kier molecular flexibility index (Phi) is 6.87. The normalized spacial score (nSPS) is 10.4. The van der Waals surface area contributed by atoms with Crippen LogP contribution in [0.4, 0.5) is 8.78 Å². The van der Waals surface area contributed by atoms with Crippen molar-refractivity contribution in [3.05, 3.63) is 41.5 Å². The van der Waals surface area contributed by atoms with Crippen LogP contribution in [0.15, 0.2) is 30.1 Å². The van der Waals surface area contributed by atoms with E-state index in [4.69, 9.17) is 15.7 Å². The molecule has 2 N–H and O–H groups in total. The summed E-state index contributed by atoms with van der Waals surface area (Å²) in [6.07, 6.45) is 1.17. The molecule has 1 rings (SSSR count). The van der Waals surface area contributed by atoms with E-state index in [-0.39, 0.29) is 36.9 Å².